The van der Waals surface area contributed by atoms with Crippen molar-refractivity contribution in [2.24, 2.45) is 0 Å². The molecule has 0 spiro atoms. The zero-order chi connectivity index (χ0) is 23.7. The minimum Gasteiger partial charge on any atom is -0.790 e. The summed E-state index contributed by atoms with van der Waals surface area (Å²) in [5, 5.41) is 46.3. The average Bonchev–Trinajstić information content (AvgIpc) is 2.72. The van der Waals surface area contributed by atoms with Gasteiger partial charge in [0.05, 0.1) is 21.0 Å². The number of hydrogen-bond acceptors (Lipinski definition) is 11. The van der Waals surface area contributed by atoms with Gasteiger partial charge in [-0.05, 0) is 12.8 Å². The van der Waals surface area contributed by atoms with Gasteiger partial charge in [0.25, 0.3) is 0 Å². The van der Waals surface area contributed by atoms with Crippen molar-refractivity contribution in [2.75, 3.05) is 26.4 Å². The molecular weight excluding hydrogens is 481 g/mol. The van der Waals surface area contributed by atoms with Crippen LogP contribution >= 0.6 is 7.82 Å². The Morgan fingerprint density at radius 2 is 1.36 bits per heavy atom. The quantitative estimate of drug-likeness (QED) is 0.0783. The molecule has 1 saturated heterocycles. The summed E-state index contributed by atoms with van der Waals surface area (Å²) in [4.78, 5) is 19.3. The average molecular weight is 520 g/mol. The van der Waals surface area contributed by atoms with Crippen LogP contribution in [0.25, 0.3) is 0 Å². The summed E-state index contributed by atoms with van der Waals surface area (Å²) in [7, 11) is -4.81. The summed E-state index contributed by atoms with van der Waals surface area (Å²) in [6.07, 6.45) is 3.74. The van der Waals surface area contributed by atoms with Gasteiger partial charge >= 0.3 is 59.1 Å². The van der Waals surface area contributed by atoms with Crippen LogP contribution in [0.15, 0.2) is 0 Å². The van der Waals surface area contributed by atoms with Crippen LogP contribution in [0.2, 0.25) is 0 Å². The number of aliphatic hydroxyl groups is 5. The molecule has 11 nitrogen and oxygen atoms in total. The fourth-order valence-electron chi connectivity index (χ4n) is 2.88. The summed E-state index contributed by atoms with van der Waals surface area (Å²) in [5.74, 6) is 0. The molecule has 0 saturated carbocycles. The van der Waals surface area contributed by atoms with Gasteiger partial charge in [-0.3, -0.25) is 0 Å². The summed E-state index contributed by atoms with van der Waals surface area (Å²) in [6, 6.07) is 0. The molecule has 1 heterocycles. The molecule has 0 aromatic carbocycles. The first-order valence-electron chi connectivity index (χ1n) is 10.9. The van der Waals surface area contributed by atoms with Crippen molar-refractivity contribution in [3.8, 4) is 0 Å². The minimum absolute atomic E-state index is 0. The van der Waals surface area contributed by atoms with E-state index >= 15 is 0 Å². The van der Waals surface area contributed by atoms with E-state index in [-0.39, 0.29) is 78.7 Å². The molecule has 1 unspecified atom stereocenters. The summed E-state index contributed by atoms with van der Waals surface area (Å²) in [6.45, 7) is 1.79. The zero-order valence-electron chi connectivity index (χ0n) is 20.2. The van der Waals surface area contributed by atoms with Gasteiger partial charge in [-0.25, -0.2) is 0 Å². The smallest absolute Gasteiger partial charge is 0.790 e. The van der Waals surface area contributed by atoms with E-state index in [1.807, 2.05) is 0 Å². The zero-order valence-corrected chi connectivity index (χ0v) is 25.1. The summed E-state index contributed by atoms with van der Waals surface area (Å²) < 4.78 is 24.1. The topological polar surface area (TPSA) is 192 Å². The number of phosphoric acid groups is 1. The number of ether oxygens (including phenoxy) is 2. The van der Waals surface area contributed by atoms with Crippen molar-refractivity contribution in [1.82, 2.24) is 0 Å². The van der Waals surface area contributed by atoms with Crippen LogP contribution in [0.5, 0.6) is 0 Å². The first-order valence-corrected chi connectivity index (χ1v) is 12.3. The fraction of sp³-hybridized carbons (Fsp3) is 1.00. The monoisotopic (exact) mass is 520 g/mol. The maximum atomic E-state index is 9.80. The number of unbranched alkanes of at least 4 members (excludes halogenated alkanes) is 7. The van der Waals surface area contributed by atoms with Crippen molar-refractivity contribution in [2.45, 2.75) is 95.4 Å². The molecule has 1 aliphatic rings. The number of aliphatic hydroxyl groups excluding tert-OH is 5. The van der Waals surface area contributed by atoms with Crippen molar-refractivity contribution < 1.29 is 113 Å². The largest absolute Gasteiger partial charge is 1.00 e. The maximum Gasteiger partial charge on any atom is 1.00 e. The van der Waals surface area contributed by atoms with E-state index in [0.717, 1.165) is 12.8 Å². The second-order valence-corrected chi connectivity index (χ2v) is 8.55. The van der Waals surface area contributed by atoms with Crippen molar-refractivity contribution in [3.05, 3.63) is 0 Å². The Bertz CT molecular complexity index is 471. The van der Waals surface area contributed by atoms with E-state index in [2.05, 4.69) is 11.4 Å². The van der Waals surface area contributed by atoms with E-state index < -0.39 is 45.1 Å². The first kappa shape index (κ1) is 39.3. The predicted octanol–water partition coefficient (Wildman–Crippen LogP) is -6.83. The van der Waals surface area contributed by atoms with Gasteiger partial charge in [0, 0.05) is 13.2 Å². The standard InChI is InChI=1S/C16H32O6.C3H9O5P.2Na/c1-2-3-4-5-6-7-8-9-10-21-16-15(20)14(19)13(18)12(11-17)22-16;4-2-1-3-8-9(5,6)7;;/h12-20H,2-11H2,1H3;4H,1-3H2,(H2,5,6,7);;/q;;2*+1/p-2/t12-,13-,14+,15-,16?;;;/m1.../s1. The summed E-state index contributed by atoms with van der Waals surface area (Å²) >= 11 is 0. The molecule has 0 amide bonds. The Kier molecular flexibility index (Phi) is 28.8. The molecule has 0 aromatic rings. The van der Waals surface area contributed by atoms with E-state index in [9.17, 15) is 29.7 Å². The van der Waals surface area contributed by atoms with Crippen LogP contribution in [0.3, 0.4) is 0 Å². The van der Waals surface area contributed by atoms with Gasteiger partial charge < -0.3 is 53.9 Å². The Hall–Kier alpha value is 1.83. The molecular formula is C19H39Na2O11P. The number of hydrogen-bond donors (Lipinski definition) is 5. The Balaban J connectivity index is -0.000000700. The first-order chi connectivity index (χ1) is 14.7. The van der Waals surface area contributed by atoms with Gasteiger partial charge in [0.15, 0.2) is 6.29 Å². The van der Waals surface area contributed by atoms with E-state index in [0.29, 0.717) is 6.61 Å². The van der Waals surface area contributed by atoms with Crippen LogP contribution < -0.4 is 68.9 Å². The number of rotatable bonds is 15. The van der Waals surface area contributed by atoms with Crippen molar-refractivity contribution in [3.63, 3.8) is 0 Å². The normalized spacial score (nSPS) is 24.8. The Morgan fingerprint density at radius 3 is 1.85 bits per heavy atom. The Morgan fingerprint density at radius 1 is 0.818 bits per heavy atom. The van der Waals surface area contributed by atoms with Crippen molar-refractivity contribution >= 4 is 7.82 Å². The van der Waals surface area contributed by atoms with Crippen LogP contribution in [0, 0.1) is 0 Å². The predicted molar refractivity (Wildman–Crippen MR) is 108 cm³/mol. The minimum atomic E-state index is -4.81. The third-order valence-corrected chi connectivity index (χ3v) is 5.18. The third kappa shape index (κ3) is 20.6. The molecule has 0 bridgehead atoms. The molecule has 5 N–H and O–H groups in total. The van der Waals surface area contributed by atoms with Gasteiger partial charge in [0.1, 0.15) is 24.4 Å². The fourth-order valence-corrected chi connectivity index (χ4v) is 3.23. The van der Waals surface area contributed by atoms with Crippen LogP contribution in [-0.2, 0) is 18.6 Å². The Labute approximate surface area is 241 Å². The van der Waals surface area contributed by atoms with Crippen LogP contribution in [0.4, 0.5) is 0 Å². The molecule has 0 radical (unpaired) electrons. The second kappa shape index (κ2) is 24.2. The third-order valence-electron chi connectivity index (χ3n) is 4.68. The van der Waals surface area contributed by atoms with Crippen LogP contribution in [0.1, 0.15) is 64.7 Å². The number of phosphoric ester groups is 1. The van der Waals surface area contributed by atoms with Gasteiger partial charge in [0.2, 0.25) is 0 Å². The van der Waals surface area contributed by atoms with E-state index in [1.165, 1.54) is 38.5 Å². The van der Waals surface area contributed by atoms with Gasteiger partial charge in [-0.15, -0.1) is 0 Å². The van der Waals surface area contributed by atoms with Crippen molar-refractivity contribution in [1.29, 1.82) is 0 Å². The molecule has 0 aliphatic carbocycles. The molecule has 5 atom stereocenters. The molecule has 33 heavy (non-hydrogen) atoms. The van der Waals surface area contributed by atoms with Crippen LogP contribution in [-0.4, -0.2) is 82.7 Å². The molecule has 14 heteroatoms. The van der Waals surface area contributed by atoms with E-state index in [4.69, 9.17) is 19.7 Å². The van der Waals surface area contributed by atoms with Gasteiger partial charge in [-0.1, -0.05) is 51.9 Å². The second-order valence-electron chi connectivity index (χ2n) is 7.40. The molecule has 1 rings (SSSR count). The molecule has 0 aromatic heterocycles. The molecule has 188 valence electrons. The SMILES string of the molecule is CCCCCCCCCCOC1O[C@H](CO)[C@@H](O)[C@H](O)[C@H]1O.O=P([O-])([O-])OCCCO.[Na+].[Na+]. The summed E-state index contributed by atoms with van der Waals surface area (Å²) in [5.41, 5.74) is 0. The maximum absolute atomic E-state index is 9.80. The molecule has 1 fully saturated rings. The molecule has 1 aliphatic heterocycles. The van der Waals surface area contributed by atoms with E-state index in [1.54, 1.807) is 0 Å². The van der Waals surface area contributed by atoms with Gasteiger partial charge in [-0.2, -0.15) is 0 Å².